The van der Waals surface area contributed by atoms with Gasteiger partial charge in [0.1, 0.15) is 0 Å². The van der Waals surface area contributed by atoms with E-state index in [1.54, 1.807) is 0 Å². The molecule has 10 aromatic carbocycles. The molecular weight excluding hydrogens is 639 g/mol. The summed E-state index contributed by atoms with van der Waals surface area (Å²) >= 11 is 0. The maximum absolute atomic E-state index is 2.35. The summed E-state index contributed by atoms with van der Waals surface area (Å²) in [5, 5.41) is 10.2. The van der Waals surface area contributed by atoms with Crippen LogP contribution in [0.15, 0.2) is 212 Å². The van der Waals surface area contributed by atoms with Crippen LogP contribution in [0.2, 0.25) is 0 Å². The third kappa shape index (κ3) is 5.51. The lowest BCUT2D eigenvalue weighted by molar-refractivity contribution is 1.28. The first kappa shape index (κ1) is 30.8. The molecule has 0 bridgehead atoms. The van der Waals surface area contributed by atoms with E-state index in [9.17, 15) is 0 Å². The Hall–Kier alpha value is -6.96. The Bertz CT molecular complexity index is 2920. The Labute approximate surface area is 309 Å². The van der Waals surface area contributed by atoms with Gasteiger partial charge in [-0.2, -0.15) is 0 Å². The topological polar surface area (TPSA) is 3.24 Å². The Morgan fingerprint density at radius 3 is 1.21 bits per heavy atom. The Balaban J connectivity index is 1.02. The van der Waals surface area contributed by atoms with Gasteiger partial charge in [-0.25, -0.2) is 0 Å². The van der Waals surface area contributed by atoms with E-state index in [-0.39, 0.29) is 0 Å². The maximum Gasteiger partial charge on any atom is 0.0467 e. The van der Waals surface area contributed by atoms with Gasteiger partial charge in [-0.15, -0.1) is 0 Å². The SMILES string of the molecule is c1ccc(N(c2ccc(-c3cc4ccccc4c4ccccc34)cc2)c2cccc(-c3ccc(-c4cc5ccccc5c5ccccc45)cc3)c2)cc1. The van der Waals surface area contributed by atoms with Crippen molar-refractivity contribution in [2.24, 2.45) is 0 Å². The van der Waals surface area contributed by atoms with Crippen molar-refractivity contribution in [1.29, 1.82) is 0 Å². The van der Waals surface area contributed by atoms with Crippen molar-refractivity contribution < 1.29 is 0 Å². The average Bonchev–Trinajstić information content (AvgIpc) is 3.24. The van der Waals surface area contributed by atoms with Crippen molar-refractivity contribution in [2.45, 2.75) is 0 Å². The average molecular weight is 674 g/mol. The first-order chi connectivity index (χ1) is 26.3. The highest BCUT2D eigenvalue weighted by Gasteiger charge is 2.15. The summed E-state index contributed by atoms with van der Waals surface area (Å²) in [6.07, 6.45) is 0. The fraction of sp³-hybridized carbons (Fsp3) is 0. The van der Waals surface area contributed by atoms with Gasteiger partial charge in [-0.1, -0.05) is 164 Å². The monoisotopic (exact) mass is 673 g/mol. The molecule has 0 fully saturated rings. The molecule has 0 aliphatic rings. The van der Waals surface area contributed by atoms with E-state index < -0.39 is 0 Å². The minimum atomic E-state index is 1.11. The summed E-state index contributed by atoms with van der Waals surface area (Å²) in [5.74, 6) is 0. The standard InChI is InChI=1S/C52H35N/c1-2-16-42(17-3-1)53(43-31-29-38(30-32-43)52-35-41-14-5-7-20-46(41)48-22-9-11-24-50(48)52)44-18-12-15-39(33-44)36-25-27-37(28-26-36)51-34-40-13-4-6-19-45(40)47-21-8-10-23-49(47)51/h1-35H. The van der Waals surface area contributed by atoms with Crippen LogP contribution in [0, 0.1) is 0 Å². The highest BCUT2D eigenvalue weighted by Crippen LogP contribution is 2.40. The lowest BCUT2D eigenvalue weighted by atomic mass is 9.92. The third-order valence-corrected chi connectivity index (χ3v) is 10.6. The molecule has 0 saturated heterocycles. The molecule has 53 heavy (non-hydrogen) atoms. The van der Waals surface area contributed by atoms with Crippen molar-refractivity contribution in [3.63, 3.8) is 0 Å². The van der Waals surface area contributed by atoms with E-state index in [4.69, 9.17) is 0 Å². The molecule has 10 aromatic rings. The van der Waals surface area contributed by atoms with E-state index in [1.807, 2.05) is 0 Å². The molecule has 248 valence electrons. The van der Waals surface area contributed by atoms with Crippen LogP contribution < -0.4 is 4.90 Å². The lowest BCUT2D eigenvalue weighted by Crippen LogP contribution is -2.09. The second-order valence-electron chi connectivity index (χ2n) is 13.7. The fourth-order valence-corrected chi connectivity index (χ4v) is 8.07. The number of hydrogen-bond donors (Lipinski definition) is 0. The number of rotatable bonds is 6. The molecule has 0 amide bonds. The number of hydrogen-bond acceptors (Lipinski definition) is 1. The van der Waals surface area contributed by atoms with Crippen LogP contribution in [0.25, 0.3) is 76.5 Å². The largest absolute Gasteiger partial charge is 0.310 e. The van der Waals surface area contributed by atoms with Crippen LogP contribution >= 0.6 is 0 Å². The highest BCUT2D eigenvalue weighted by atomic mass is 15.1. The second-order valence-corrected chi connectivity index (χ2v) is 13.7. The highest BCUT2D eigenvalue weighted by molar-refractivity contribution is 6.15. The molecule has 10 rings (SSSR count). The van der Waals surface area contributed by atoms with Crippen molar-refractivity contribution in [3.05, 3.63) is 212 Å². The van der Waals surface area contributed by atoms with Gasteiger partial charge in [0.15, 0.2) is 0 Å². The number of fused-ring (bicyclic) bond motifs is 6. The zero-order valence-electron chi connectivity index (χ0n) is 29.2. The van der Waals surface area contributed by atoms with Gasteiger partial charge in [-0.3, -0.25) is 0 Å². The minimum absolute atomic E-state index is 1.11. The molecule has 0 aromatic heterocycles. The summed E-state index contributed by atoms with van der Waals surface area (Å²) in [6.45, 7) is 0. The number of para-hydroxylation sites is 1. The van der Waals surface area contributed by atoms with Crippen molar-refractivity contribution in [3.8, 4) is 33.4 Å². The molecule has 0 atom stereocenters. The van der Waals surface area contributed by atoms with Crippen LogP contribution in [-0.4, -0.2) is 0 Å². The molecule has 0 aliphatic carbocycles. The van der Waals surface area contributed by atoms with Gasteiger partial charge in [0.2, 0.25) is 0 Å². The van der Waals surface area contributed by atoms with E-state index in [0.29, 0.717) is 0 Å². The fourth-order valence-electron chi connectivity index (χ4n) is 8.07. The van der Waals surface area contributed by atoms with Crippen molar-refractivity contribution >= 4 is 60.2 Å². The van der Waals surface area contributed by atoms with Gasteiger partial charge in [-0.05, 0) is 125 Å². The summed E-state index contributed by atoms with van der Waals surface area (Å²) in [7, 11) is 0. The van der Waals surface area contributed by atoms with Crippen molar-refractivity contribution in [2.75, 3.05) is 4.90 Å². The van der Waals surface area contributed by atoms with Gasteiger partial charge >= 0.3 is 0 Å². The molecule has 0 heterocycles. The molecule has 0 radical (unpaired) electrons. The zero-order valence-corrected chi connectivity index (χ0v) is 29.2. The molecular formula is C52H35N. The molecule has 0 aliphatic heterocycles. The molecule has 0 N–H and O–H groups in total. The van der Waals surface area contributed by atoms with Crippen molar-refractivity contribution in [1.82, 2.24) is 0 Å². The molecule has 0 spiro atoms. The molecule has 0 saturated carbocycles. The molecule has 1 heteroatoms. The maximum atomic E-state index is 2.35. The van der Waals surface area contributed by atoms with Gasteiger partial charge < -0.3 is 4.90 Å². The normalized spacial score (nSPS) is 11.4. The van der Waals surface area contributed by atoms with E-state index in [1.165, 1.54) is 76.5 Å². The Kier molecular flexibility index (Phi) is 7.55. The summed E-state index contributed by atoms with van der Waals surface area (Å²) in [4.78, 5) is 2.35. The van der Waals surface area contributed by atoms with Crippen LogP contribution in [-0.2, 0) is 0 Å². The first-order valence-corrected chi connectivity index (χ1v) is 18.3. The van der Waals surface area contributed by atoms with Gasteiger partial charge in [0, 0.05) is 17.1 Å². The van der Waals surface area contributed by atoms with Crippen LogP contribution in [0.1, 0.15) is 0 Å². The van der Waals surface area contributed by atoms with Gasteiger partial charge in [0.25, 0.3) is 0 Å². The first-order valence-electron chi connectivity index (χ1n) is 18.3. The van der Waals surface area contributed by atoms with Gasteiger partial charge in [0.05, 0.1) is 0 Å². The predicted octanol–water partition coefficient (Wildman–Crippen LogP) is 14.8. The predicted molar refractivity (Wildman–Crippen MR) is 227 cm³/mol. The Morgan fingerprint density at radius 1 is 0.226 bits per heavy atom. The lowest BCUT2D eigenvalue weighted by Gasteiger charge is -2.26. The number of nitrogens with zero attached hydrogens (tertiary/aromatic N) is 1. The van der Waals surface area contributed by atoms with E-state index >= 15 is 0 Å². The summed E-state index contributed by atoms with van der Waals surface area (Å²) in [5.41, 5.74) is 10.6. The third-order valence-electron chi connectivity index (χ3n) is 10.6. The zero-order chi connectivity index (χ0) is 35.1. The second kappa shape index (κ2) is 13.0. The van der Waals surface area contributed by atoms with Crippen LogP contribution in [0.5, 0.6) is 0 Å². The van der Waals surface area contributed by atoms with E-state index in [2.05, 4.69) is 217 Å². The Morgan fingerprint density at radius 2 is 0.642 bits per heavy atom. The minimum Gasteiger partial charge on any atom is -0.310 e. The molecule has 1 nitrogen and oxygen atoms in total. The molecule has 0 unspecified atom stereocenters. The van der Waals surface area contributed by atoms with Crippen LogP contribution in [0.3, 0.4) is 0 Å². The number of anilines is 3. The van der Waals surface area contributed by atoms with Crippen LogP contribution in [0.4, 0.5) is 17.1 Å². The smallest absolute Gasteiger partial charge is 0.0467 e. The summed E-state index contributed by atoms with van der Waals surface area (Å²) in [6, 6.07) is 77.1. The summed E-state index contributed by atoms with van der Waals surface area (Å²) < 4.78 is 0. The quantitative estimate of drug-likeness (QED) is 0.159. The number of benzene rings is 10. The van der Waals surface area contributed by atoms with E-state index in [0.717, 1.165) is 17.1 Å².